The van der Waals surface area contributed by atoms with Gasteiger partial charge in [0.1, 0.15) is 6.04 Å². The Bertz CT molecular complexity index is 1280. The number of rotatable bonds is 8. The van der Waals surface area contributed by atoms with Crippen molar-refractivity contribution in [1.29, 1.82) is 0 Å². The minimum Gasteiger partial charge on any atom is -0.357 e. The Morgan fingerprint density at radius 1 is 1.00 bits per heavy atom. The van der Waals surface area contributed by atoms with Crippen molar-refractivity contribution < 1.29 is 18.0 Å². The summed E-state index contributed by atoms with van der Waals surface area (Å²) in [5.74, 6) is -0.809. The Morgan fingerprint density at radius 3 is 2.36 bits per heavy atom. The molecule has 0 heterocycles. The van der Waals surface area contributed by atoms with Crippen LogP contribution in [0.3, 0.4) is 0 Å². The first-order chi connectivity index (χ1) is 15.6. The predicted molar refractivity (Wildman–Crippen MR) is 132 cm³/mol. The summed E-state index contributed by atoms with van der Waals surface area (Å²) in [6.45, 7) is 1.38. The molecule has 1 atom stereocenters. The zero-order chi connectivity index (χ0) is 24.2. The minimum atomic E-state index is -3.91. The van der Waals surface area contributed by atoms with Crippen LogP contribution in [0.5, 0.6) is 0 Å². The lowest BCUT2D eigenvalue weighted by Gasteiger charge is -2.30. The van der Waals surface area contributed by atoms with Crippen molar-refractivity contribution in [2.75, 3.05) is 20.6 Å². The molecule has 1 N–H and O–H groups in total. The third-order valence-corrected chi connectivity index (χ3v) is 7.74. The third-order valence-electron chi connectivity index (χ3n) is 5.44. The first-order valence-corrected chi connectivity index (χ1v) is 12.6. The molecule has 0 aromatic heterocycles. The van der Waals surface area contributed by atoms with E-state index in [0.717, 1.165) is 25.1 Å². The molecule has 174 valence electrons. The number of nitrogens with zero attached hydrogens (tertiary/aromatic N) is 2. The van der Waals surface area contributed by atoms with Crippen molar-refractivity contribution in [3.63, 3.8) is 0 Å². The molecule has 0 aliphatic heterocycles. The Hall–Kier alpha value is -2.75. The average Bonchev–Trinajstić information content (AvgIpc) is 2.81. The summed E-state index contributed by atoms with van der Waals surface area (Å²) in [6, 6.07) is 18.9. The molecule has 0 radical (unpaired) electrons. The maximum absolute atomic E-state index is 13.2. The van der Waals surface area contributed by atoms with Crippen LogP contribution >= 0.6 is 15.9 Å². The van der Waals surface area contributed by atoms with Gasteiger partial charge in [-0.15, -0.1) is 0 Å². The van der Waals surface area contributed by atoms with Crippen molar-refractivity contribution in [2.24, 2.45) is 0 Å². The Balaban J connectivity index is 1.85. The minimum absolute atomic E-state index is 0.106. The highest BCUT2D eigenvalue weighted by Crippen LogP contribution is 2.22. The summed E-state index contributed by atoms with van der Waals surface area (Å²) in [5, 5.41) is 4.27. The molecule has 0 fully saturated rings. The SMILES string of the molecule is CNC(=O)C(C)N(Cc1cccc(Br)c1)C(=O)CN(C)S(=O)(=O)c1ccc2ccccc2c1. The number of amides is 2. The largest absolute Gasteiger partial charge is 0.357 e. The van der Waals surface area contributed by atoms with Gasteiger partial charge in [0.05, 0.1) is 11.4 Å². The molecular formula is C24H26BrN3O4S. The lowest BCUT2D eigenvalue weighted by Crippen LogP contribution is -2.50. The van der Waals surface area contributed by atoms with Gasteiger partial charge in [-0.05, 0) is 47.5 Å². The highest BCUT2D eigenvalue weighted by molar-refractivity contribution is 9.10. The zero-order valence-corrected chi connectivity index (χ0v) is 21.1. The van der Waals surface area contributed by atoms with Gasteiger partial charge in [0.2, 0.25) is 21.8 Å². The number of hydrogen-bond acceptors (Lipinski definition) is 4. The van der Waals surface area contributed by atoms with Crippen LogP contribution in [0, 0.1) is 0 Å². The summed E-state index contributed by atoms with van der Waals surface area (Å²) in [6.07, 6.45) is 0. The van der Waals surface area contributed by atoms with E-state index in [1.165, 1.54) is 25.1 Å². The van der Waals surface area contributed by atoms with E-state index >= 15 is 0 Å². The van der Waals surface area contributed by atoms with E-state index in [2.05, 4.69) is 21.2 Å². The maximum atomic E-state index is 13.2. The van der Waals surface area contributed by atoms with E-state index in [1.54, 1.807) is 19.1 Å². The molecule has 0 saturated heterocycles. The quantitative estimate of drug-likeness (QED) is 0.482. The van der Waals surface area contributed by atoms with Crippen LogP contribution in [0.1, 0.15) is 12.5 Å². The number of fused-ring (bicyclic) bond motifs is 1. The Labute approximate surface area is 202 Å². The first-order valence-electron chi connectivity index (χ1n) is 10.3. The molecule has 0 aliphatic carbocycles. The molecule has 33 heavy (non-hydrogen) atoms. The Kier molecular flexibility index (Phi) is 7.88. The summed E-state index contributed by atoms with van der Waals surface area (Å²) in [5.41, 5.74) is 0.813. The van der Waals surface area contributed by atoms with Gasteiger partial charge in [0.25, 0.3) is 0 Å². The van der Waals surface area contributed by atoms with Gasteiger partial charge in [-0.25, -0.2) is 8.42 Å². The van der Waals surface area contributed by atoms with E-state index in [9.17, 15) is 18.0 Å². The fourth-order valence-corrected chi connectivity index (χ4v) is 5.10. The number of halogens is 1. The van der Waals surface area contributed by atoms with Crippen molar-refractivity contribution in [3.05, 3.63) is 76.8 Å². The molecule has 3 aromatic rings. The number of nitrogens with one attached hydrogen (secondary N) is 1. The molecule has 2 amide bonds. The fraction of sp³-hybridized carbons (Fsp3) is 0.250. The second-order valence-electron chi connectivity index (χ2n) is 7.71. The van der Waals surface area contributed by atoms with Crippen LogP contribution < -0.4 is 5.32 Å². The number of sulfonamides is 1. The molecular weight excluding hydrogens is 506 g/mol. The first kappa shape index (κ1) is 24.9. The van der Waals surface area contributed by atoms with E-state index in [0.29, 0.717) is 0 Å². The van der Waals surface area contributed by atoms with Crippen molar-refractivity contribution >= 4 is 48.5 Å². The van der Waals surface area contributed by atoms with E-state index < -0.39 is 28.5 Å². The van der Waals surface area contributed by atoms with E-state index in [-0.39, 0.29) is 17.3 Å². The number of carbonyl (C=O) groups excluding carboxylic acids is 2. The van der Waals surface area contributed by atoms with Crippen LogP contribution in [0.2, 0.25) is 0 Å². The molecule has 0 bridgehead atoms. The fourth-order valence-electron chi connectivity index (χ4n) is 3.50. The predicted octanol–water partition coefficient (Wildman–Crippen LogP) is 3.39. The Morgan fingerprint density at radius 2 is 1.70 bits per heavy atom. The molecule has 1 unspecified atom stereocenters. The van der Waals surface area contributed by atoms with Gasteiger partial charge in [0.15, 0.2) is 0 Å². The molecule has 3 rings (SSSR count). The third kappa shape index (κ3) is 5.79. The molecule has 7 nitrogen and oxygen atoms in total. The van der Waals surface area contributed by atoms with Crippen molar-refractivity contribution in [2.45, 2.75) is 24.4 Å². The number of likely N-dealkylation sites (N-methyl/N-ethyl adjacent to an activating group) is 2. The van der Waals surface area contributed by atoms with E-state index in [1.807, 2.05) is 48.5 Å². The molecule has 0 saturated carbocycles. The van der Waals surface area contributed by atoms with Gasteiger partial charge in [0, 0.05) is 25.1 Å². The summed E-state index contributed by atoms with van der Waals surface area (Å²) in [4.78, 5) is 27.0. The van der Waals surface area contributed by atoms with Crippen molar-refractivity contribution in [1.82, 2.24) is 14.5 Å². The van der Waals surface area contributed by atoms with Crippen LogP contribution in [-0.2, 0) is 26.2 Å². The molecule has 9 heteroatoms. The van der Waals surface area contributed by atoms with Gasteiger partial charge in [-0.3, -0.25) is 9.59 Å². The smallest absolute Gasteiger partial charge is 0.243 e. The van der Waals surface area contributed by atoms with Gasteiger partial charge in [-0.2, -0.15) is 4.31 Å². The van der Waals surface area contributed by atoms with Gasteiger partial charge < -0.3 is 10.2 Å². The second-order valence-corrected chi connectivity index (χ2v) is 10.7. The molecule has 0 spiro atoms. The number of benzene rings is 3. The lowest BCUT2D eigenvalue weighted by atomic mass is 10.1. The highest BCUT2D eigenvalue weighted by Gasteiger charge is 2.30. The van der Waals surface area contributed by atoms with Crippen LogP contribution in [0.4, 0.5) is 0 Å². The average molecular weight is 532 g/mol. The maximum Gasteiger partial charge on any atom is 0.243 e. The zero-order valence-electron chi connectivity index (χ0n) is 18.7. The summed E-state index contributed by atoms with van der Waals surface area (Å²) < 4.78 is 28.2. The van der Waals surface area contributed by atoms with Gasteiger partial charge >= 0.3 is 0 Å². The van der Waals surface area contributed by atoms with E-state index in [4.69, 9.17) is 0 Å². The van der Waals surface area contributed by atoms with Crippen LogP contribution in [-0.4, -0.2) is 56.1 Å². The molecule has 0 aliphatic rings. The summed E-state index contributed by atoms with van der Waals surface area (Å²) >= 11 is 3.41. The normalized spacial score (nSPS) is 12.5. The number of carbonyl (C=O) groups is 2. The second kappa shape index (κ2) is 10.5. The monoisotopic (exact) mass is 531 g/mol. The standard InChI is InChI=1S/C24H26BrN3O4S/c1-17(24(30)26-2)28(15-18-7-6-10-21(25)13-18)23(29)16-27(3)33(31,32)22-12-11-19-8-4-5-9-20(19)14-22/h4-14,17H,15-16H2,1-3H3,(H,26,30). The van der Waals surface area contributed by atoms with Crippen LogP contribution in [0.15, 0.2) is 76.1 Å². The lowest BCUT2D eigenvalue weighted by molar-refractivity contribution is -0.140. The van der Waals surface area contributed by atoms with Gasteiger partial charge in [-0.1, -0.05) is 58.4 Å². The number of hydrogen-bond donors (Lipinski definition) is 1. The molecule has 3 aromatic carbocycles. The topological polar surface area (TPSA) is 86.8 Å². The van der Waals surface area contributed by atoms with Crippen molar-refractivity contribution in [3.8, 4) is 0 Å². The van der Waals surface area contributed by atoms with Crippen LogP contribution in [0.25, 0.3) is 10.8 Å². The highest BCUT2D eigenvalue weighted by atomic mass is 79.9. The summed E-state index contributed by atoms with van der Waals surface area (Å²) in [7, 11) is -1.05.